The third kappa shape index (κ3) is 3.42. The topological polar surface area (TPSA) is 68.8 Å². The Morgan fingerprint density at radius 3 is 2.62 bits per heavy atom. The van der Waals surface area contributed by atoms with E-state index >= 15 is 0 Å². The number of aliphatic hydroxyl groups excluding tert-OH is 1. The van der Waals surface area contributed by atoms with E-state index in [1.165, 1.54) is 0 Å². The number of H-pyrrole nitrogens is 1. The minimum absolute atomic E-state index is 0.0826. The van der Waals surface area contributed by atoms with Gasteiger partial charge in [-0.2, -0.15) is 0 Å². The minimum Gasteiger partial charge on any atom is -0.396 e. The van der Waals surface area contributed by atoms with E-state index < -0.39 is 0 Å². The van der Waals surface area contributed by atoms with E-state index in [1.54, 1.807) is 12.4 Å². The van der Waals surface area contributed by atoms with Crippen LogP contribution < -0.4 is 0 Å². The molecule has 3 aliphatic heterocycles. The number of aromatic amines is 1. The summed E-state index contributed by atoms with van der Waals surface area (Å²) in [4.78, 5) is 20.2. The first-order valence-electron chi connectivity index (χ1n) is 10.1. The van der Waals surface area contributed by atoms with Crippen LogP contribution in [0.1, 0.15) is 42.5 Å². The summed E-state index contributed by atoms with van der Waals surface area (Å²) in [6.45, 7) is 5.67. The lowest BCUT2D eigenvalue weighted by molar-refractivity contribution is -0.0531. The van der Waals surface area contributed by atoms with Gasteiger partial charge in [0.1, 0.15) is 0 Å². The van der Waals surface area contributed by atoms with E-state index in [0.717, 1.165) is 65.0 Å². The Kier molecular flexibility index (Phi) is 5.34. The van der Waals surface area contributed by atoms with Crippen molar-refractivity contribution in [2.75, 3.05) is 46.0 Å². The summed E-state index contributed by atoms with van der Waals surface area (Å²) >= 11 is 0. The van der Waals surface area contributed by atoms with Crippen LogP contribution in [0.2, 0.25) is 0 Å². The van der Waals surface area contributed by atoms with Crippen molar-refractivity contribution in [3.05, 3.63) is 24.0 Å². The number of ether oxygens (including phenoxy) is 1. The molecule has 0 aromatic carbocycles. The van der Waals surface area contributed by atoms with Crippen molar-refractivity contribution >= 4 is 5.91 Å². The Balaban J connectivity index is 1.38. The summed E-state index contributed by atoms with van der Waals surface area (Å²) in [5.41, 5.74) is 0.915. The maximum Gasteiger partial charge on any atom is 0.255 e. The summed E-state index contributed by atoms with van der Waals surface area (Å²) in [6.07, 6.45) is 9.13. The van der Waals surface area contributed by atoms with Gasteiger partial charge in [-0.05, 0) is 56.7 Å². The van der Waals surface area contributed by atoms with Crippen LogP contribution in [0.5, 0.6) is 0 Å². The molecule has 1 aromatic heterocycles. The Labute approximate surface area is 155 Å². The number of rotatable bonds is 3. The van der Waals surface area contributed by atoms with Crippen LogP contribution in [-0.4, -0.2) is 77.8 Å². The molecule has 1 amide bonds. The van der Waals surface area contributed by atoms with Crippen LogP contribution in [0.25, 0.3) is 0 Å². The van der Waals surface area contributed by atoms with Gasteiger partial charge in [-0.15, -0.1) is 0 Å². The molecule has 0 aliphatic carbocycles. The zero-order valence-corrected chi connectivity index (χ0v) is 15.5. The Morgan fingerprint density at radius 2 is 1.96 bits per heavy atom. The highest BCUT2D eigenvalue weighted by molar-refractivity contribution is 5.94. The predicted octanol–water partition coefficient (Wildman–Crippen LogP) is 1.73. The summed E-state index contributed by atoms with van der Waals surface area (Å²) in [5, 5.41) is 10.1. The molecule has 26 heavy (non-hydrogen) atoms. The van der Waals surface area contributed by atoms with E-state index in [0.29, 0.717) is 18.2 Å². The normalized spacial score (nSPS) is 27.7. The van der Waals surface area contributed by atoms with Gasteiger partial charge in [-0.3, -0.25) is 4.79 Å². The van der Waals surface area contributed by atoms with Gasteiger partial charge < -0.3 is 24.6 Å². The molecule has 1 aromatic rings. The number of aliphatic hydroxyl groups is 1. The molecule has 3 aliphatic rings. The molecule has 0 bridgehead atoms. The standard InChI is InChI=1S/C20H31N3O3/c24-15-17-14-23(19(25)16-1-7-21-13-16)10-6-20(17)4-8-22(9-5-20)18-2-11-26-12-3-18/h1,7,13,17-18,21,24H,2-6,8-12,14-15H2/t17-/m0/s1. The van der Waals surface area contributed by atoms with Gasteiger partial charge in [0.05, 0.1) is 5.56 Å². The van der Waals surface area contributed by atoms with Crippen LogP contribution in [-0.2, 0) is 4.74 Å². The highest BCUT2D eigenvalue weighted by atomic mass is 16.5. The van der Waals surface area contributed by atoms with Gasteiger partial charge in [0, 0.05) is 57.3 Å². The molecule has 6 heteroatoms. The molecule has 4 rings (SSSR count). The molecular formula is C20H31N3O3. The quantitative estimate of drug-likeness (QED) is 0.860. The van der Waals surface area contributed by atoms with Crippen molar-refractivity contribution < 1.29 is 14.6 Å². The van der Waals surface area contributed by atoms with E-state index in [-0.39, 0.29) is 23.8 Å². The van der Waals surface area contributed by atoms with E-state index in [9.17, 15) is 9.90 Å². The van der Waals surface area contributed by atoms with E-state index in [2.05, 4.69) is 9.88 Å². The number of carbonyl (C=O) groups excluding carboxylic acids is 1. The Hall–Kier alpha value is -1.37. The molecule has 3 saturated heterocycles. The average Bonchev–Trinajstić information content (AvgIpc) is 3.24. The molecule has 3 fully saturated rings. The highest BCUT2D eigenvalue weighted by Gasteiger charge is 2.46. The Bertz CT molecular complexity index is 589. The fourth-order valence-electron chi connectivity index (χ4n) is 5.23. The molecule has 2 N–H and O–H groups in total. The van der Waals surface area contributed by atoms with Gasteiger partial charge in [-0.1, -0.05) is 0 Å². The third-order valence-electron chi connectivity index (χ3n) is 7.04. The van der Waals surface area contributed by atoms with Crippen molar-refractivity contribution in [3.63, 3.8) is 0 Å². The van der Waals surface area contributed by atoms with Crippen molar-refractivity contribution in [2.24, 2.45) is 11.3 Å². The highest BCUT2D eigenvalue weighted by Crippen LogP contribution is 2.46. The zero-order valence-electron chi connectivity index (χ0n) is 15.5. The first kappa shape index (κ1) is 18.0. The smallest absolute Gasteiger partial charge is 0.255 e. The van der Waals surface area contributed by atoms with Gasteiger partial charge >= 0.3 is 0 Å². The lowest BCUT2D eigenvalue weighted by Crippen LogP contribution is -2.56. The maximum absolute atomic E-state index is 12.7. The van der Waals surface area contributed by atoms with Crippen LogP contribution >= 0.6 is 0 Å². The number of amides is 1. The number of likely N-dealkylation sites (tertiary alicyclic amines) is 2. The summed E-state index contributed by atoms with van der Waals surface area (Å²) in [6, 6.07) is 2.50. The number of aromatic nitrogens is 1. The Morgan fingerprint density at radius 1 is 1.23 bits per heavy atom. The van der Waals surface area contributed by atoms with Crippen LogP contribution in [0.15, 0.2) is 18.5 Å². The zero-order chi connectivity index (χ0) is 18.0. The molecule has 0 radical (unpaired) electrons. The number of nitrogens with one attached hydrogen (secondary N) is 1. The maximum atomic E-state index is 12.7. The SMILES string of the molecule is O=C(c1cc[nH]c1)N1CCC2(CCN(C3CCOCC3)CC2)[C@H](CO)C1. The molecule has 0 saturated carbocycles. The summed E-state index contributed by atoms with van der Waals surface area (Å²) < 4.78 is 5.50. The first-order valence-corrected chi connectivity index (χ1v) is 10.1. The van der Waals surface area contributed by atoms with E-state index in [1.807, 2.05) is 11.0 Å². The van der Waals surface area contributed by atoms with Crippen LogP contribution in [0.4, 0.5) is 0 Å². The van der Waals surface area contributed by atoms with Gasteiger partial charge in [0.25, 0.3) is 5.91 Å². The van der Waals surface area contributed by atoms with Gasteiger partial charge in [-0.25, -0.2) is 0 Å². The number of hydrogen-bond acceptors (Lipinski definition) is 4. The van der Waals surface area contributed by atoms with Crippen molar-refractivity contribution in [3.8, 4) is 0 Å². The summed E-state index contributed by atoms with van der Waals surface area (Å²) in [7, 11) is 0. The molecule has 0 unspecified atom stereocenters. The lowest BCUT2D eigenvalue weighted by Gasteiger charge is -2.52. The van der Waals surface area contributed by atoms with Crippen molar-refractivity contribution in [2.45, 2.75) is 38.1 Å². The number of piperidine rings is 2. The van der Waals surface area contributed by atoms with Crippen molar-refractivity contribution in [1.82, 2.24) is 14.8 Å². The fraction of sp³-hybridized carbons (Fsp3) is 0.750. The minimum atomic E-state index is 0.0826. The molecule has 1 spiro atoms. The van der Waals surface area contributed by atoms with Crippen LogP contribution in [0, 0.1) is 11.3 Å². The number of hydrogen-bond donors (Lipinski definition) is 2. The fourth-order valence-corrected chi connectivity index (χ4v) is 5.23. The third-order valence-corrected chi connectivity index (χ3v) is 7.04. The molecule has 4 heterocycles. The second kappa shape index (κ2) is 7.71. The van der Waals surface area contributed by atoms with Crippen molar-refractivity contribution in [1.29, 1.82) is 0 Å². The number of carbonyl (C=O) groups is 1. The van der Waals surface area contributed by atoms with E-state index in [4.69, 9.17) is 4.74 Å². The average molecular weight is 361 g/mol. The lowest BCUT2D eigenvalue weighted by atomic mass is 9.64. The van der Waals surface area contributed by atoms with Crippen LogP contribution in [0.3, 0.4) is 0 Å². The molecule has 1 atom stereocenters. The number of nitrogens with zero attached hydrogens (tertiary/aromatic N) is 2. The largest absolute Gasteiger partial charge is 0.396 e. The first-order chi connectivity index (χ1) is 12.7. The second-order valence-electron chi connectivity index (χ2n) is 8.22. The molecular weight excluding hydrogens is 330 g/mol. The van der Waals surface area contributed by atoms with Gasteiger partial charge in [0.15, 0.2) is 0 Å². The molecule has 144 valence electrons. The summed E-state index contributed by atoms with van der Waals surface area (Å²) in [5.74, 6) is 0.273. The second-order valence-corrected chi connectivity index (χ2v) is 8.22. The molecule has 6 nitrogen and oxygen atoms in total. The predicted molar refractivity (Wildman–Crippen MR) is 99.0 cm³/mol. The monoisotopic (exact) mass is 361 g/mol. The van der Waals surface area contributed by atoms with Gasteiger partial charge in [0.2, 0.25) is 0 Å².